The molecule has 0 saturated heterocycles. The molecule has 0 aromatic heterocycles. The molecule has 0 bridgehead atoms. The molecule has 1 aromatic rings. The molecule has 1 saturated carbocycles. The van der Waals surface area contributed by atoms with Gasteiger partial charge in [-0.15, -0.1) is 0 Å². The molecule has 2 N–H and O–H groups in total. The monoisotopic (exact) mass is 302 g/mol. The van der Waals surface area contributed by atoms with Crippen LogP contribution >= 0.6 is 0 Å². The molecule has 1 aromatic carbocycles. The van der Waals surface area contributed by atoms with Crippen molar-refractivity contribution >= 4 is 17.5 Å². The van der Waals surface area contributed by atoms with Crippen LogP contribution in [0.4, 0.5) is 5.69 Å². The highest BCUT2D eigenvalue weighted by molar-refractivity contribution is 6.39. The molecule has 4 heteroatoms. The van der Waals surface area contributed by atoms with Gasteiger partial charge in [0.1, 0.15) is 0 Å². The van der Waals surface area contributed by atoms with Crippen LogP contribution in [0.2, 0.25) is 0 Å². The van der Waals surface area contributed by atoms with Crippen molar-refractivity contribution in [1.29, 1.82) is 0 Å². The van der Waals surface area contributed by atoms with Gasteiger partial charge < -0.3 is 10.6 Å². The second-order valence-electron chi connectivity index (χ2n) is 6.57. The fourth-order valence-corrected chi connectivity index (χ4v) is 2.90. The summed E-state index contributed by atoms with van der Waals surface area (Å²) >= 11 is 0. The van der Waals surface area contributed by atoms with Gasteiger partial charge in [0.05, 0.1) is 0 Å². The van der Waals surface area contributed by atoms with Gasteiger partial charge in [-0.2, -0.15) is 0 Å². The van der Waals surface area contributed by atoms with Gasteiger partial charge >= 0.3 is 11.8 Å². The Balaban J connectivity index is 1.89. The average molecular weight is 302 g/mol. The summed E-state index contributed by atoms with van der Waals surface area (Å²) in [7, 11) is 0. The van der Waals surface area contributed by atoms with Crippen LogP contribution in [0.1, 0.15) is 57.9 Å². The van der Waals surface area contributed by atoms with Gasteiger partial charge in [-0.25, -0.2) is 0 Å². The molecule has 4 nitrogen and oxygen atoms in total. The molecule has 0 unspecified atom stereocenters. The minimum absolute atomic E-state index is 0.121. The maximum atomic E-state index is 12.0. The number of nitrogens with one attached hydrogen (secondary N) is 2. The van der Waals surface area contributed by atoms with E-state index in [4.69, 9.17) is 0 Å². The smallest absolute Gasteiger partial charge is 0.313 e. The second-order valence-corrected chi connectivity index (χ2v) is 6.57. The maximum absolute atomic E-state index is 12.0. The number of carbonyl (C=O) groups is 2. The molecule has 0 aliphatic heterocycles. The van der Waals surface area contributed by atoms with E-state index < -0.39 is 11.8 Å². The summed E-state index contributed by atoms with van der Waals surface area (Å²) in [6, 6.07) is 7.74. The van der Waals surface area contributed by atoms with Crippen molar-refractivity contribution in [1.82, 2.24) is 5.32 Å². The van der Waals surface area contributed by atoms with Crippen molar-refractivity contribution in [2.24, 2.45) is 5.92 Å². The first-order valence-electron chi connectivity index (χ1n) is 8.19. The van der Waals surface area contributed by atoms with Gasteiger partial charge in [-0.1, -0.05) is 45.7 Å². The van der Waals surface area contributed by atoms with E-state index in [0.29, 0.717) is 17.5 Å². The summed E-state index contributed by atoms with van der Waals surface area (Å²) in [6.07, 6.45) is 4.40. The van der Waals surface area contributed by atoms with Crippen LogP contribution in [0.5, 0.6) is 0 Å². The number of hydrogen-bond donors (Lipinski definition) is 2. The van der Waals surface area contributed by atoms with Gasteiger partial charge in [-0.05, 0) is 42.4 Å². The van der Waals surface area contributed by atoms with Crippen LogP contribution in [0.3, 0.4) is 0 Å². The quantitative estimate of drug-likeness (QED) is 0.840. The summed E-state index contributed by atoms with van der Waals surface area (Å²) in [5, 5.41) is 5.53. The van der Waals surface area contributed by atoms with Crippen LogP contribution < -0.4 is 10.6 Å². The third-order valence-electron chi connectivity index (χ3n) is 4.47. The third-order valence-corrected chi connectivity index (χ3v) is 4.47. The standard InChI is InChI=1S/C18H26N2O2/c1-12(2)14-8-10-15(11-9-14)19-17(21)18(22)20-16-7-5-4-6-13(16)3/h8-13,16H,4-7H2,1-3H3,(H,19,21)(H,20,22)/t13-,16-/m1/s1. The van der Waals surface area contributed by atoms with Gasteiger partial charge in [0.25, 0.3) is 0 Å². The normalized spacial score (nSPS) is 21.5. The van der Waals surface area contributed by atoms with Gasteiger partial charge in [0, 0.05) is 11.7 Å². The van der Waals surface area contributed by atoms with Crippen LogP contribution in [-0.2, 0) is 9.59 Å². The minimum atomic E-state index is -0.588. The van der Waals surface area contributed by atoms with E-state index in [0.717, 1.165) is 19.3 Å². The van der Waals surface area contributed by atoms with Crippen LogP contribution in [0.15, 0.2) is 24.3 Å². The van der Waals surface area contributed by atoms with Gasteiger partial charge in [0.2, 0.25) is 0 Å². The highest BCUT2D eigenvalue weighted by Gasteiger charge is 2.25. The Morgan fingerprint density at radius 1 is 1.05 bits per heavy atom. The topological polar surface area (TPSA) is 58.2 Å². The van der Waals surface area contributed by atoms with E-state index in [1.165, 1.54) is 12.0 Å². The Bertz CT molecular complexity index is 522. The fraction of sp³-hybridized carbons (Fsp3) is 0.556. The lowest BCUT2D eigenvalue weighted by Crippen LogP contribution is -2.45. The number of carbonyl (C=O) groups excluding carboxylic acids is 2. The Morgan fingerprint density at radius 3 is 2.27 bits per heavy atom. The first-order chi connectivity index (χ1) is 10.5. The largest absolute Gasteiger partial charge is 0.345 e. The Morgan fingerprint density at radius 2 is 1.68 bits per heavy atom. The predicted molar refractivity (Wildman–Crippen MR) is 88.7 cm³/mol. The summed E-state index contributed by atoms with van der Waals surface area (Å²) in [6.45, 7) is 6.37. The zero-order chi connectivity index (χ0) is 16.1. The lowest BCUT2D eigenvalue weighted by atomic mass is 9.86. The van der Waals surface area contributed by atoms with E-state index in [9.17, 15) is 9.59 Å². The molecule has 1 fully saturated rings. The van der Waals surface area contributed by atoms with Crippen LogP contribution in [-0.4, -0.2) is 17.9 Å². The molecule has 2 atom stereocenters. The molecule has 1 aliphatic carbocycles. The van der Waals surface area contributed by atoms with Crippen LogP contribution in [0, 0.1) is 5.92 Å². The lowest BCUT2D eigenvalue weighted by Gasteiger charge is -2.29. The highest BCUT2D eigenvalue weighted by Crippen LogP contribution is 2.23. The average Bonchev–Trinajstić information content (AvgIpc) is 2.50. The Kier molecular flexibility index (Phi) is 5.58. The number of amides is 2. The van der Waals surface area contributed by atoms with Crippen molar-refractivity contribution in [2.75, 3.05) is 5.32 Å². The second kappa shape index (κ2) is 7.43. The lowest BCUT2D eigenvalue weighted by molar-refractivity contribution is -0.137. The Hall–Kier alpha value is -1.84. The molecule has 22 heavy (non-hydrogen) atoms. The van der Waals surface area contributed by atoms with E-state index >= 15 is 0 Å². The third kappa shape index (κ3) is 4.33. The summed E-state index contributed by atoms with van der Waals surface area (Å²) in [5.41, 5.74) is 1.86. The molecule has 0 spiro atoms. The van der Waals surface area contributed by atoms with Crippen molar-refractivity contribution in [3.63, 3.8) is 0 Å². The van der Waals surface area contributed by atoms with E-state index in [1.807, 2.05) is 24.3 Å². The number of rotatable bonds is 3. The molecule has 2 amide bonds. The summed E-state index contributed by atoms with van der Waals surface area (Å²) in [5.74, 6) is -0.238. The van der Waals surface area contributed by atoms with Gasteiger partial charge in [0.15, 0.2) is 0 Å². The highest BCUT2D eigenvalue weighted by atomic mass is 16.2. The molecule has 2 rings (SSSR count). The molecular weight excluding hydrogens is 276 g/mol. The minimum Gasteiger partial charge on any atom is -0.345 e. The van der Waals surface area contributed by atoms with Crippen molar-refractivity contribution in [3.05, 3.63) is 29.8 Å². The number of anilines is 1. The molecular formula is C18H26N2O2. The molecule has 1 aliphatic rings. The number of benzene rings is 1. The zero-order valence-corrected chi connectivity index (χ0v) is 13.7. The van der Waals surface area contributed by atoms with E-state index in [2.05, 4.69) is 31.4 Å². The first-order valence-corrected chi connectivity index (χ1v) is 8.19. The van der Waals surface area contributed by atoms with Crippen molar-refractivity contribution in [2.45, 2.75) is 58.4 Å². The Labute approximate surface area is 132 Å². The predicted octanol–water partition coefficient (Wildman–Crippen LogP) is 3.44. The van der Waals surface area contributed by atoms with Gasteiger partial charge in [-0.3, -0.25) is 9.59 Å². The van der Waals surface area contributed by atoms with E-state index in [1.54, 1.807) is 0 Å². The maximum Gasteiger partial charge on any atom is 0.313 e. The summed E-state index contributed by atoms with van der Waals surface area (Å²) in [4.78, 5) is 24.0. The molecule has 0 radical (unpaired) electrons. The van der Waals surface area contributed by atoms with E-state index in [-0.39, 0.29) is 6.04 Å². The fourth-order valence-electron chi connectivity index (χ4n) is 2.90. The van der Waals surface area contributed by atoms with Crippen molar-refractivity contribution < 1.29 is 9.59 Å². The summed E-state index contributed by atoms with van der Waals surface area (Å²) < 4.78 is 0. The van der Waals surface area contributed by atoms with Crippen molar-refractivity contribution in [3.8, 4) is 0 Å². The van der Waals surface area contributed by atoms with Crippen LogP contribution in [0.25, 0.3) is 0 Å². The SMILES string of the molecule is CC(C)c1ccc(NC(=O)C(=O)N[C@@H]2CCCC[C@H]2C)cc1. The number of hydrogen-bond acceptors (Lipinski definition) is 2. The molecule has 120 valence electrons. The zero-order valence-electron chi connectivity index (χ0n) is 13.7. The first kappa shape index (κ1) is 16.5. The molecule has 0 heterocycles.